The van der Waals surface area contributed by atoms with Gasteiger partial charge in [-0.25, -0.2) is 0 Å². The summed E-state index contributed by atoms with van der Waals surface area (Å²) in [7, 11) is -2.52. The van der Waals surface area contributed by atoms with E-state index in [1.54, 1.807) is 0 Å². The van der Waals surface area contributed by atoms with E-state index in [1.165, 1.54) is 10.4 Å². The van der Waals surface area contributed by atoms with Crippen LogP contribution in [0.3, 0.4) is 0 Å². The lowest BCUT2D eigenvalue weighted by atomic mass is 10.2. The van der Waals surface area contributed by atoms with Crippen LogP contribution in [0.2, 0.25) is 5.04 Å². The van der Waals surface area contributed by atoms with Crippen molar-refractivity contribution in [2.75, 3.05) is 6.61 Å². The Morgan fingerprint density at radius 3 is 1.80 bits per heavy atom. The third-order valence-corrected chi connectivity index (χ3v) is 9.68. The first-order chi connectivity index (χ1) is 11.8. The van der Waals surface area contributed by atoms with Crippen molar-refractivity contribution in [2.45, 2.75) is 45.8 Å². The predicted molar refractivity (Wildman–Crippen MR) is 109 cm³/mol. The van der Waals surface area contributed by atoms with Crippen molar-refractivity contribution >= 4 is 18.7 Å². The summed E-state index contributed by atoms with van der Waals surface area (Å²) in [6, 6.07) is 21.2. The molecule has 0 radical (unpaired) electrons. The SMILES string of the molecule is C/C(=C\[C@@H](C)O[Si](c1ccccc1)(c1ccccc1)C(C)(C)C)CO. The summed E-state index contributed by atoms with van der Waals surface area (Å²) >= 11 is 0. The van der Waals surface area contributed by atoms with Gasteiger partial charge in [-0.2, -0.15) is 0 Å². The highest BCUT2D eigenvalue weighted by Crippen LogP contribution is 2.37. The van der Waals surface area contributed by atoms with Crippen LogP contribution in [0, 0.1) is 0 Å². The minimum absolute atomic E-state index is 0.0368. The molecule has 134 valence electrons. The molecule has 2 nitrogen and oxygen atoms in total. The molecule has 0 fully saturated rings. The van der Waals surface area contributed by atoms with Gasteiger partial charge in [0.25, 0.3) is 8.32 Å². The van der Waals surface area contributed by atoms with Crippen LogP contribution in [0.1, 0.15) is 34.6 Å². The van der Waals surface area contributed by atoms with E-state index < -0.39 is 8.32 Å². The molecular formula is C22H30O2Si. The van der Waals surface area contributed by atoms with E-state index in [4.69, 9.17) is 4.43 Å². The zero-order chi connectivity index (χ0) is 18.5. The van der Waals surface area contributed by atoms with Crippen molar-refractivity contribution in [3.05, 3.63) is 72.3 Å². The molecule has 0 aliphatic heterocycles. The fourth-order valence-corrected chi connectivity index (χ4v) is 8.10. The summed E-state index contributed by atoms with van der Waals surface area (Å²) in [6.45, 7) is 10.9. The molecule has 0 aromatic heterocycles. The van der Waals surface area contributed by atoms with Crippen LogP contribution in [-0.2, 0) is 4.43 Å². The molecule has 2 aromatic rings. The van der Waals surface area contributed by atoms with Crippen LogP contribution in [-0.4, -0.2) is 26.1 Å². The normalized spacial score (nSPS) is 14.4. The summed E-state index contributed by atoms with van der Waals surface area (Å²) in [5, 5.41) is 11.9. The monoisotopic (exact) mass is 354 g/mol. The van der Waals surface area contributed by atoms with Gasteiger partial charge >= 0.3 is 0 Å². The summed E-state index contributed by atoms with van der Waals surface area (Å²) in [5.74, 6) is 0. The molecule has 0 aliphatic carbocycles. The van der Waals surface area contributed by atoms with Gasteiger partial charge in [-0.1, -0.05) is 87.5 Å². The van der Waals surface area contributed by atoms with Crippen LogP contribution in [0.15, 0.2) is 72.3 Å². The van der Waals surface area contributed by atoms with E-state index in [1.807, 2.05) is 13.0 Å². The third kappa shape index (κ3) is 4.29. The van der Waals surface area contributed by atoms with E-state index >= 15 is 0 Å². The Balaban J connectivity index is 2.65. The first-order valence-electron chi connectivity index (χ1n) is 8.88. The van der Waals surface area contributed by atoms with Crippen molar-refractivity contribution in [3.8, 4) is 0 Å². The molecule has 0 aliphatic rings. The van der Waals surface area contributed by atoms with Gasteiger partial charge in [-0.15, -0.1) is 0 Å². The fourth-order valence-electron chi connectivity index (χ4n) is 3.46. The zero-order valence-corrected chi connectivity index (χ0v) is 17.0. The smallest absolute Gasteiger partial charge is 0.261 e. The second-order valence-corrected chi connectivity index (χ2v) is 11.9. The van der Waals surface area contributed by atoms with Crippen LogP contribution >= 0.6 is 0 Å². The van der Waals surface area contributed by atoms with Crippen LogP contribution in [0.25, 0.3) is 0 Å². The molecule has 0 amide bonds. The average Bonchev–Trinajstić information content (AvgIpc) is 2.60. The highest BCUT2D eigenvalue weighted by Gasteiger charge is 2.50. The molecule has 0 unspecified atom stereocenters. The molecular weight excluding hydrogens is 324 g/mol. The number of rotatable bonds is 6. The van der Waals surface area contributed by atoms with Crippen LogP contribution in [0.5, 0.6) is 0 Å². The highest BCUT2D eigenvalue weighted by atomic mass is 28.4. The average molecular weight is 355 g/mol. The molecule has 0 heterocycles. The van der Waals surface area contributed by atoms with Gasteiger partial charge in [-0.05, 0) is 34.8 Å². The zero-order valence-electron chi connectivity index (χ0n) is 16.0. The number of benzene rings is 2. The first kappa shape index (κ1) is 19.6. The molecule has 0 bridgehead atoms. The second kappa shape index (κ2) is 8.13. The number of hydrogen-bond donors (Lipinski definition) is 1. The summed E-state index contributed by atoms with van der Waals surface area (Å²) in [5.41, 5.74) is 0.936. The van der Waals surface area contributed by atoms with Gasteiger partial charge in [0.1, 0.15) is 0 Å². The minimum Gasteiger partial charge on any atom is -0.401 e. The maximum atomic E-state index is 9.36. The molecule has 0 spiro atoms. The van der Waals surface area contributed by atoms with Crippen molar-refractivity contribution in [3.63, 3.8) is 0 Å². The molecule has 1 N–H and O–H groups in total. The quantitative estimate of drug-likeness (QED) is 0.630. The first-order valence-corrected chi connectivity index (χ1v) is 10.8. The van der Waals surface area contributed by atoms with Gasteiger partial charge in [0.2, 0.25) is 0 Å². The second-order valence-electron chi connectivity index (χ2n) is 7.66. The van der Waals surface area contributed by atoms with Crippen LogP contribution < -0.4 is 10.4 Å². The standard InChI is InChI=1S/C22H30O2Si/c1-18(17-23)16-19(2)24-25(22(3,4)5,20-12-8-6-9-13-20)21-14-10-7-11-15-21/h6-16,19,23H,17H2,1-5H3/b18-16+/t19-/m1/s1. The van der Waals surface area contributed by atoms with Gasteiger partial charge in [0.15, 0.2) is 0 Å². The largest absolute Gasteiger partial charge is 0.401 e. The number of aliphatic hydroxyl groups excluding tert-OH is 1. The molecule has 25 heavy (non-hydrogen) atoms. The molecule has 0 saturated heterocycles. The lowest BCUT2D eigenvalue weighted by Crippen LogP contribution is -2.67. The van der Waals surface area contributed by atoms with Crippen molar-refractivity contribution in [2.24, 2.45) is 0 Å². The molecule has 2 rings (SSSR count). The van der Waals surface area contributed by atoms with Crippen LogP contribution in [0.4, 0.5) is 0 Å². The van der Waals surface area contributed by atoms with Gasteiger partial charge in [0, 0.05) is 0 Å². The summed E-state index contributed by atoms with van der Waals surface area (Å²) < 4.78 is 6.90. The Morgan fingerprint density at radius 2 is 1.44 bits per heavy atom. The van der Waals surface area contributed by atoms with E-state index in [0.29, 0.717) is 0 Å². The van der Waals surface area contributed by atoms with E-state index in [-0.39, 0.29) is 17.7 Å². The predicted octanol–water partition coefficient (Wildman–Crippen LogP) is 3.89. The Bertz CT molecular complexity index is 647. The Morgan fingerprint density at radius 1 is 1.00 bits per heavy atom. The summed E-state index contributed by atoms with van der Waals surface area (Å²) in [6.07, 6.45) is 1.96. The van der Waals surface area contributed by atoms with Crippen molar-refractivity contribution < 1.29 is 9.53 Å². The maximum Gasteiger partial charge on any atom is 0.261 e. The minimum atomic E-state index is -2.52. The van der Waals surface area contributed by atoms with E-state index in [0.717, 1.165) is 5.57 Å². The molecule has 1 atom stereocenters. The topological polar surface area (TPSA) is 29.5 Å². The molecule has 3 heteroatoms. The highest BCUT2D eigenvalue weighted by molar-refractivity contribution is 6.99. The van der Waals surface area contributed by atoms with E-state index in [9.17, 15) is 5.11 Å². The number of hydrogen-bond acceptors (Lipinski definition) is 2. The maximum absolute atomic E-state index is 9.36. The lowest BCUT2D eigenvalue weighted by Gasteiger charge is -2.44. The third-order valence-electron chi connectivity index (χ3n) is 4.55. The van der Waals surface area contributed by atoms with E-state index in [2.05, 4.69) is 88.4 Å². The lowest BCUT2D eigenvalue weighted by molar-refractivity contribution is 0.248. The fraction of sp³-hybridized carbons (Fsp3) is 0.364. The van der Waals surface area contributed by atoms with Gasteiger partial charge in [0.05, 0.1) is 12.7 Å². The Kier molecular flexibility index (Phi) is 6.39. The van der Waals surface area contributed by atoms with Crippen molar-refractivity contribution in [1.82, 2.24) is 0 Å². The summed E-state index contributed by atoms with van der Waals surface area (Å²) in [4.78, 5) is 0. The van der Waals surface area contributed by atoms with Crippen molar-refractivity contribution in [1.29, 1.82) is 0 Å². The van der Waals surface area contributed by atoms with Gasteiger partial charge in [-0.3, -0.25) is 0 Å². The Hall–Kier alpha value is -1.68. The number of aliphatic hydroxyl groups is 1. The Labute approximate surface area is 153 Å². The molecule has 0 saturated carbocycles. The van der Waals surface area contributed by atoms with Gasteiger partial charge < -0.3 is 9.53 Å². The molecule has 2 aromatic carbocycles.